The van der Waals surface area contributed by atoms with Crippen molar-refractivity contribution in [2.24, 2.45) is 0 Å². The summed E-state index contributed by atoms with van der Waals surface area (Å²) in [6, 6.07) is 2.25. The molecule has 1 N–H and O–H groups in total. The van der Waals surface area contributed by atoms with Gasteiger partial charge in [-0.1, -0.05) is 0 Å². The van der Waals surface area contributed by atoms with Crippen molar-refractivity contribution in [2.45, 2.75) is 45.4 Å². The second-order valence-corrected chi connectivity index (χ2v) is 6.16. The Hall–Kier alpha value is -0.910. The fraction of sp³-hybridized carbons (Fsp3) is 0.643. The minimum atomic E-state index is -0.258. The number of hydrogen-bond donors (Lipinski definition) is 1. The Morgan fingerprint density at radius 2 is 2.47 bits per heavy atom. The summed E-state index contributed by atoms with van der Waals surface area (Å²) in [6.07, 6.45) is 2.60. The van der Waals surface area contributed by atoms with Gasteiger partial charge >= 0.3 is 5.97 Å². The molecule has 2 rings (SSSR count). The van der Waals surface area contributed by atoms with Crippen LogP contribution in [-0.2, 0) is 16.0 Å². The Morgan fingerprint density at radius 1 is 1.68 bits per heavy atom. The molecule has 19 heavy (non-hydrogen) atoms. The molecule has 2 atom stereocenters. The van der Waals surface area contributed by atoms with Crippen molar-refractivity contribution in [2.75, 3.05) is 13.7 Å². The molecule has 106 valence electrons. The molecular formula is C14H21NO3S. The summed E-state index contributed by atoms with van der Waals surface area (Å²) in [4.78, 5) is 13.3. The highest BCUT2D eigenvalue weighted by Gasteiger charge is 2.22. The van der Waals surface area contributed by atoms with Crippen LogP contribution in [0.4, 0.5) is 0 Å². The molecule has 0 amide bonds. The topological polar surface area (TPSA) is 47.6 Å². The van der Waals surface area contributed by atoms with E-state index in [1.165, 1.54) is 18.4 Å². The molecule has 1 aromatic heterocycles. The van der Waals surface area contributed by atoms with E-state index in [-0.39, 0.29) is 5.97 Å². The van der Waals surface area contributed by atoms with Crippen LogP contribution in [0.15, 0.2) is 6.07 Å². The first-order valence-corrected chi connectivity index (χ1v) is 7.46. The molecule has 0 unspecified atom stereocenters. The summed E-state index contributed by atoms with van der Waals surface area (Å²) in [5, 5.41) is 3.48. The third-order valence-corrected chi connectivity index (χ3v) is 4.62. The molecule has 1 aliphatic heterocycles. The SMILES string of the molecule is COC(=O)c1cc(CN[C@H](C)[C@H]2CCCO2)c(C)s1. The van der Waals surface area contributed by atoms with Gasteiger partial charge in [0, 0.05) is 24.1 Å². The summed E-state index contributed by atoms with van der Waals surface area (Å²) < 4.78 is 10.4. The Kier molecular flexibility index (Phi) is 4.96. The zero-order valence-corrected chi connectivity index (χ0v) is 12.5. The monoisotopic (exact) mass is 283 g/mol. The maximum absolute atomic E-state index is 11.5. The Balaban J connectivity index is 1.91. The van der Waals surface area contributed by atoms with Gasteiger partial charge in [-0.3, -0.25) is 0 Å². The van der Waals surface area contributed by atoms with E-state index in [9.17, 15) is 4.79 Å². The molecule has 1 aromatic rings. The van der Waals surface area contributed by atoms with Gasteiger partial charge in [0.05, 0.1) is 13.2 Å². The predicted octanol–water partition coefficient (Wildman–Crippen LogP) is 2.50. The van der Waals surface area contributed by atoms with Crippen LogP contribution in [0.3, 0.4) is 0 Å². The normalized spacial score (nSPS) is 20.5. The number of hydrogen-bond acceptors (Lipinski definition) is 5. The largest absolute Gasteiger partial charge is 0.465 e. The molecule has 0 bridgehead atoms. The molecule has 1 fully saturated rings. The Labute approximate surface area is 118 Å². The number of carbonyl (C=O) groups excluding carboxylic acids is 1. The van der Waals surface area contributed by atoms with Crippen LogP contribution in [0.2, 0.25) is 0 Å². The van der Waals surface area contributed by atoms with Crippen LogP contribution in [0, 0.1) is 6.92 Å². The molecule has 0 aromatic carbocycles. The average molecular weight is 283 g/mol. The zero-order chi connectivity index (χ0) is 13.8. The standard InChI is InChI=1S/C14H21NO3S/c1-9(12-5-4-6-18-12)15-8-11-7-13(14(16)17-3)19-10(11)2/h7,9,12,15H,4-6,8H2,1-3H3/t9-,12-/m1/s1. The summed E-state index contributed by atoms with van der Waals surface area (Å²) in [5.41, 5.74) is 1.16. The molecule has 0 radical (unpaired) electrons. The molecule has 1 saturated heterocycles. The van der Waals surface area contributed by atoms with Gasteiger partial charge in [-0.05, 0) is 38.3 Å². The van der Waals surface area contributed by atoms with Gasteiger partial charge in [0.25, 0.3) is 0 Å². The summed E-state index contributed by atoms with van der Waals surface area (Å²) in [5.74, 6) is -0.258. The number of ether oxygens (including phenoxy) is 2. The van der Waals surface area contributed by atoms with E-state index in [2.05, 4.69) is 12.2 Å². The Bertz CT molecular complexity index is 438. The van der Waals surface area contributed by atoms with E-state index < -0.39 is 0 Å². The number of rotatable bonds is 5. The first kappa shape index (κ1) is 14.5. The van der Waals surface area contributed by atoms with Crippen LogP contribution in [-0.4, -0.2) is 31.8 Å². The number of nitrogens with one attached hydrogen (secondary N) is 1. The molecule has 1 aliphatic rings. The molecule has 0 spiro atoms. The second kappa shape index (κ2) is 6.50. The van der Waals surface area contributed by atoms with Crippen molar-refractivity contribution >= 4 is 17.3 Å². The van der Waals surface area contributed by atoms with E-state index >= 15 is 0 Å². The van der Waals surface area contributed by atoms with Gasteiger partial charge < -0.3 is 14.8 Å². The van der Waals surface area contributed by atoms with Crippen molar-refractivity contribution in [3.63, 3.8) is 0 Å². The third kappa shape index (κ3) is 3.55. The quantitative estimate of drug-likeness (QED) is 0.844. The van der Waals surface area contributed by atoms with Crippen LogP contribution >= 0.6 is 11.3 Å². The Morgan fingerprint density at radius 3 is 3.11 bits per heavy atom. The van der Waals surface area contributed by atoms with Crippen LogP contribution in [0.1, 0.15) is 39.9 Å². The summed E-state index contributed by atoms with van der Waals surface area (Å²) in [7, 11) is 1.41. The highest BCUT2D eigenvalue weighted by atomic mass is 32.1. The van der Waals surface area contributed by atoms with Gasteiger partial charge in [0.2, 0.25) is 0 Å². The van der Waals surface area contributed by atoms with Gasteiger partial charge in [-0.15, -0.1) is 11.3 Å². The molecule has 0 aliphatic carbocycles. The first-order valence-electron chi connectivity index (χ1n) is 6.64. The number of aryl methyl sites for hydroxylation is 1. The molecule has 2 heterocycles. The van der Waals surface area contributed by atoms with E-state index in [1.54, 1.807) is 0 Å². The zero-order valence-electron chi connectivity index (χ0n) is 11.7. The number of thiophene rings is 1. The minimum Gasteiger partial charge on any atom is -0.465 e. The fourth-order valence-corrected chi connectivity index (χ4v) is 3.26. The maximum Gasteiger partial charge on any atom is 0.348 e. The molecular weight excluding hydrogens is 262 g/mol. The molecule has 0 saturated carbocycles. The van der Waals surface area contributed by atoms with Gasteiger partial charge in [-0.2, -0.15) is 0 Å². The highest BCUT2D eigenvalue weighted by Crippen LogP contribution is 2.23. The lowest BCUT2D eigenvalue weighted by atomic mass is 10.1. The van der Waals surface area contributed by atoms with Gasteiger partial charge in [-0.25, -0.2) is 4.79 Å². The van der Waals surface area contributed by atoms with E-state index in [0.29, 0.717) is 17.0 Å². The van der Waals surface area contributed by atoms with Crippen LogP contribution in [0.5, 0.6) is 0 Å². The number of methoxy groups -OCH3 is 1. The molecule has 4 nitrogen and oxygen atoms in total. The number of carbonyl (C=O) groups is 1. The average Bonchev–Trinajstić information content (AvgIpc) is 3.04. The van der Waals surface area contributed by atoms with Crippen molar-refractivity contribution in [1.82, 2.24) is 5.32 Å². The van der Waals surface area contributed by atoms with E-state index in [0.717, 1.165) is 36.4 Å². The lowest BCUT2D eigenvalue weighted by Crippen LogP contribution is -2.36. The van der Waals surface area contributed by atoms with E-state index in [4.69, 9.17) is 9.47 Å². The summed E-state index contributed by atoms with van der Waals surface area (Å²) in [6.45, 7) is 5.82. The number of esters is 1. The summed E-state index contributed by atoms with van der Waals surface area (Å²) >= 11 is 1.49. The van der Waals surface area contributed by atoms with Crippen LogP contribution < -0.4 is 5.32 Å². The fourth-order valence-electron chi connectivity index (χ4n) is 2.30. The van der Waals surface area contributed by atoms with Gasteiger partial charge in [0.15, 0.2) is 0 Å². The molecule has 5 heteroatoms. The highest BCUT2D eigenvalue weighted by molar-refractivity contribution is 7.14. The smallest absolute Gasteiger partial charge is 0.348 e. The van der Waals surface area contributed by atoms with Crippen molar-refractivity contribution in [3.8, 4) is 0 Å². The lowest BCUT2D eigenvalue weighted by molar-refractivity contribution is 0.0606. The third-order valence-electron chi connectivity index (χ3n) is 3.54. The predicted molar refractivity (Wildman–Crippen MR) is 75.7 cm³/mol. The van der Waals surface area contributed by atoms with Crippen molar-refractivity contribution < 1.29 is 14.3 Å². The maximum atomic E-state index is 11.5. The minimum absolute atomic E-state index is 0.258. The van der Waals surface area contributed by atoms with Gasteiger partial charge in [0.1, 0.15) is 4.88 Å². The second-order valence-electron chi connectivity index (χ2n) is 4.90. The lowest BCUT2D eigenvalue weighted by Gasteiger charge is -2.19. The van der Waals surface area contributed by atoms with Crippen LogP contribution in [0.25, 0.3) is 0 Å². The van der Waals surface area contributed by atoms with E-state index in [1.807, 2.05) is 13.0 Å². The first-order chi connectivity index (χ1) is 9.11. The van der Waals surface area contributed by atoms with Crippen molar-refractivity contribution in [1.29, 1.82) is 0 Å². The van der Waals surface area contributed by atoms with Crippen molar-refractivity contribution in [3.05, 3.63) is 21.4 Å².